The normalized spacial score (nSPS) is 38.8. The molecule has 0 radical (unpaired) electrons. The minimum Gasteiger partial charge on any atom is -0.367 e. The number of nitrogens with one attached hydrogen (secondary N) is 1. The van der Waals surface area contributed by atoms with Crippen LogP contribution < -0.4 is 5.32 Å². The van der Waals surface area contributed by atoms with Crippen molar-refractivity contribution in [3.8, 4) is 0 Å². The van der Waals surface area contributed by atoms with Crippen molar-refractivity contribution in [1.82, 2.24) is 4.90 Å². The van der Waals surface area contributed by atoms with E-state index in [1.165, 1.54) is 0 Å². The second-order valence-corrected chi connectivity index (χ2v) is 7.30. The van der Waals surface area contributed by atoms with Crippen LogP contribution in [0.2, 0.25) is 0 Å². The molecule has 1 saturated carbocycles. The Labute approximate surface area is 125 Å². The Bertz CT molecular complexity index is 586. The van der Waals surface area contributed by atoms with Crippen molar-refractivity contribution in [2.24, 2.45) is 5.92 Å². The second-order valence-electron chi connectivity index (χ2n) is 7.30. The molecule has 4 nitrogen and oxygen atoms in total. The zero-order valence-corrected chi connectivity index (χ0v) is 12.8. The maximum absolute atomic E-state index is 12.6. The lowest BCUT2D eigenvalue weighted by Gasteiger charge is -2.51. The Morgan fingerprint density at radius 2 is 2.00 bits per heavy atom. The molecule has 4 heteroatoms. The first-order chi connectivity index (χ1) is 9.92. The van der Waals surface area contributed by atoms with Gasteiger partial charge in [-0.1, -0.05) is 18.2 Å². The molecule has 4 atom stereocenters. The summed E-state index contributed by atoms with van der Waals surface area (Å²) in [5.41, 5.74) is 0.538. The maximum Gasteiger partial charge on any atom is 0.322 e. The minimum atomic E-state index is -0.184. The van der Waals surface area contributed by atoms with Crippen molar-refractivity contribution < 1.29 is 9.53 Å². The third kappa shape index (κ3) is 1.81. The predicted octanol–water partition coefficient (Wildman–Crippen LogP) is 3.25. The number of para-hydroxylation sites is 1. The van der Waals surface area contributed by atoms with Crippen LogP contribution in [0.25, 0.3) is 0 Å². The van der Waals surface area contributed by atoms with Crippen LogP contribution in [0.1, 0.15) is 33.6 Å². The van der Waals surface area contributed by atoms with Crippen molar-refractivity contribution in [1.29, 1.82) is 0 Å². The first-order valence-corrected chi connectivity index (χ1v) is 7.77. The molecular weight excluding hydrogens is 264 g/mol. The third-order valence-electron chi connectivity index (χ3n) is 5.49. The van der Waals surface area contributed by atoms with E-state index in [1.807, 2.05) is 35.2 Å². The number of fused-ring (bicyclic) bond motifs is 2. The lowest BCUT2D eigenvalue weighted by molar-refractivity contribution is -0.214. The molecule has 5 rings (SSSR count). The van der Waals surface area contributed by atoms with Gasteiger partial charge in [-0.2, -0.15) is 0 Å². The molecule has 1 aromatic carbocycles. The lowest BCUT2D eigenvalue weighted by atomic mass is 9.69. The van der Waals surface area contributed by atoms with Crippen molar-refractivity contribution in [3.05, 3.63) is 30.3 Å². The molecule has 4 fully saturated rings. The van der Waals surface area contributed by atoms with Crippen LogP contribution in [0.5, 0.6) is 0 Å². The largest absolute Gasteiger partial charge is 0.367 e. The molecule has 112 valence electrons. The smallest absolute Gasteiger partial charge is 0.322 e. The molecule has 1 aromatic rings. The Hall–Kier alpha value is -1.55. The Balaban J connectivity index is 1.56. The summed E-state index contributed by atoms with van der Waals surface area (Å²) >= 11 is 0. The van der Waals surface area contributed by atoms with Gasteiger partial charge >= 0.3 is 6.03 Å². The predicted molar refractivity (Wildman–Crippen MR) is 81.2 cm³/mol. The number of likely N-dealkylation sites (tertiary alicyclic amines) is 1. The van der Waals surface area contributed by atoms with Crippen molar-refractivity contribution >= 4 is 11.7 Å². The van der Waals surface area contributed by atoms with Gasteiger partial charge in [0.2, 0.25) is 0 Å². The van der Waals surface area contributed by atoms with E-state index in [0.29, 0.717) is 12.0 Å². The van der Waals surface area contributed by atoms with Crippen LogP contribution in [0.15, 0.2) is 30.3 Å². The van der Waals surface area contributed by atoms with Gasteiger partial charge in [0.1, 0.15) is 0 Å². The number of hydrogen-bond donors (Lipinski definition) is 1. The SMILES string of the molecule is CC1(C)O[C@]2(C)CC[C@H]1[C@@H]1[C@@H]2N1C(=O)Nc1ccccc1. The molecule has 1 aliphatic carbocycles. The molecule has 21 heavy (non-hydrogen) atoms. The summed E-state index contributed by atoms with van der Waals surface area (Å²) < 4.78 is 6.32. The van der Waals surface area contributed by atoms with Gasteiger partial charge < -0.3 is 15.0 Å². The molecule has 2 bridgehead atoms. The highest BCUT2D eigenvalue weighted by Crippen LogP contribution is 2.60. The highest BCUT2D eigenvalue weighted by Gasteiger charge is 2.72. The molecule has 2 amide bonds. The molecule has 0 spiro atoms. The van der Waals surface area contributed by atoms with Gasteiger partial charge in [-0.25, -0.2) is 4.79 Å². The first-order valence-electron chi connectivity index (χ1n) is 7.77. The Morgan fingerprint density at radius 1 is 1.29 bits per heavy atom. The number of amides is 2. The van der Waals surface area contributed by atoms with Crippen LogP contribution in [0.3, 0.4) is 0 Å². The summed E-state index contributed by atoms with van der Waals surface area (Å²) in [6.07, 6.45) is 2.21. The monoisotopic (exact) mass is 286 g/mol. The van der Waals surface area contributed by atoms with Gasteiger partial charge in [0.05, 0.1) is 23.3 Å². The van der Waals surface area contributed by atoms with Gasteiger partial charge in [-0.3, -0.25) is 0 Å². The standard InChI is InChI=1S/C17H22N2O2/c1-16(2)12-9-10-17(3,21-16)14-13(12)19(14)15(20)18-11-7-5-4-6-8-11/h4-8,12-14H,9-10H2,1-3H3,(H,18,20)/t12-,13+,14-,17+,19?/m0/s1. The molecule has 3 heterocycles. The third-order valence-corrected chi connectivity index (χ3v) is 5.49. The number of hydrogen-bond acceptors (Lipinski definition) is 2. The summed E-state index contributed by atoms with van der Waals surface area (Å²) in [6, 6.07) is 10.2. The van der Waals surface area contributed by atoms with Gasteiger partial charge in [-0.15, -0.1) is 0 Å². The average molecular weight is 286 g/mol. The fourth-order valence-corrected chi connectivity index (χ4v) is 4.60. The number of carbonyl (C=O) groups is 1. The fraction of sp³-hybridized carbons (Fsp3) is 0.588. The van der Waals surface area contributed by atoms with E-state index in [-0.39, 0.29) is 23.3 Å². The van der Waals surface area contributed by atoms with Gasteiger partial charge in [0.25, 0.3) is 0 Å². The number of carbonyl (C=O) groups excluding carboxylic acids is 1. The van der Waals surface area contributed by atoms with Gasteiger partial charge in [-0.05, 0) is 45.7 Å². The van der Waals surface area contributed by atoms with Crippen LogP contribution >= 0.6 is 0 Å². The highest BCUT2D eigenvalue weighted by atomic mass is 16.5. The van der Waals surface area contributed by atoms with E-state index in [2.05, 4.69) is 26.1 Å². The molecule has 0 unspecified atom stereocenters. The van der Waals surface area contributed by atoms with Crippen LogP contribution in [-0.2, 0) is 4.74 Å². The van der Waals surface area contributed by atoms with Gasteiger partial charge in [0, 0.05) is 11.6 Å². The molecule has 3 aliphatic heterocycles. The zero-order chi connectivity index (χ0) is 14.8. The number of rotatable bonds is 1. The van der Waals surface area contributed by atoms with Crippen molar-refractivity contribution in [3.63, 3.8) is 0 Å². The van der Waals surface area contributed by atoms with Crippen LogP contribution in [0.4, 0.5) is 10.5 Å². The Kier molecular flexibility index (Phi) is 2.51. The Morgan fingerprint density at radius 3 is 2.67 bits per heavy atom. The van der Waals surface area contributed by atoms with Crippen LogP contribution in [-0.4, -0.2) is 34.2 Å². The lowest BCUT2D eigenvalue weighted by Crippen LogP contribution is -2.58. The first kappa shape index (κ1) is 13.1. The van der Waals surface area contributed by atoms with E-state index in [1.54, 1.807) is 0 Å². The van der Waals surface area contributed by atoms with E-state index in [0.717, 1.165) is 18.5 Å². The van der Waals surface area contributed by atoms with E-state index >= 15 is 0 Å². The number of benzene rings is 1. The van der Waals surface area contributed by atoms with Crippen molar-refractivity contribution in [2.75, 3.05) is 5.32 Å². The molecule has 1 N–H and O–H groups in total. The van der Waals surface area contributed by atoms with E-state index in [4.69, 9.17) is 4.74 Å². The van der Waals surface area contributed by atoms with E-state index in [9.17, 15) is 4.79 Å². The number of anilines is 1. The average Bonchev–Trinajstić information content (AvgIpc) is 3.15. The van der Waals surface area contributed by atoms with Crippen molar-refractivity contribution in [2.45, 2.75) is 56.9 Å². The number of nitrogens with zero attached hydrogens (tertiary/aromatic N) is 1. The summed E-state index contributed by atoms with van der Waals surface area (Å²) in [4.78, 5) is 14.6. The number of urea groups is 1. The zero-order valence-electron chi connectivity index (χ0n) is 12.8. The number of ether oxygens (including phenoxy) is 1. The summed E-state index contributed by atoms with van der Waals surface area (Å²) in [5, 5.41) is 3.01. The molecule has 3 saturated heterocycles. The topological polar surface area (TPSA) is 41.3 Å². The quantitative estimate of drug-likeness (QED) is 0.805. The fourth-order valence-electron chi connectivity index (χ4n) is 4.60. The minimum absolute atomic E-state index is 0.00984. The summed E-state index contributed by atoms with van der Waals surface area (Å²) in [7, 11) is 0. The second kappa shape index (κ2) is 4.01. The summed E-state index contributed by atoms with van der Waals surface area (Å²) in [6.45, 7) is 6.49. The van der Waals surface area contributed by atoms with Crippen LogP contribution in [0, 0.1) is 5.92 Å². The molecular formula is C17H22N2O2. The summed E-state index contributed by atoms with van der Waals surface area (Å²) in [5.74, 6) is 0.450. The van der Waals surface area contributed by atoms with Gasteiger partial charge in [0.15, 0.2) is 0 Å². The molecule has 0 aromatic heterocycles. The van der Waals surface area contributed by atoms with E-state index < -0.39 is 0 Å². The molecule has 4 aliphatic rings. The maximum atomic E-state index is 12.6. The highest BCUT2D eigenvalue weighted by molar-refractivity contribution is 5.92.